The number of rotatable bonds is 4. The zero-order chi connectivity index (χ0) is 16.3. The van der Waals surface area contributed by atoms with Crippen molar-refractivity contribution in [2.24, 2.45) is 11.5 Å². The van der Waals surface area contributed by atoms with E-state index in [1.54, 1.807) is 0 Å². The van der Waals surface area contributed by atoms with E-state index in [4.69, 9.17) is 11.5 Å². The van der Waals surface area contributed by atoms with E-state index in [-0.39, 0.29) is 11.9 Å². The van der Waals surface area contributed by atoms with Gasteiger partial charge in [0.2, 0.25) is 0 Å². The highest BCUT2D eigenvalue weighted by Gasteiger charge is 2.40. The molecule has 1 atom stereocenters. The van der Waals surface area contributed by atoms with Crippen LogP contribution in [0.15, 0.2) is 42.5 Å². The van der Waals surface area contributed by atoms with Crippen LogP contribution in [0.5, 0.6) is 0 Å². The van der Waals surface area contributed by atoms with Gasteiger partial charge in [0.25, 0.3) is 0 Å². The van der Waals surface area contributed by atoms with E-state index < -0.39 is 0 Å². The molecule has 5 N–H and O–H groups in total. The van der Waals surface area contributed by atoms with Crippen molar-refractivity contribution in [3.8, 4) is 0 Å². The Hall–Kier alpha value is -1.79. The Morgan fingerprint density at radius 1 is 1.13 bits per heavy atom. The molecule has 1 aliphatic heterocycles. The lowest BCUT2D eigenvalue weighted by molar-refractivity contribution is -0.851. The van der Waals surface area contributed by atoms with Crippen molar-refractivity contribution in [2.45, 2.75) is 6.04 Å². The predicted octanol–water partition coefficient (Wildman–Crippen LogP) is 0.686. The fourth-order valence-corrected chi connectivity index (χ4v) is 3.48. The Bertz CT molecular complexity index is 689. The first-order valence-corrected chi connectivity index (χ1v) is 8.21. The molecule has 23 heavy (non-hydrogen) atoms. The Morgan fingerprint density at radius 2 is 1.83 bits per heavy atom. The number of benzene rings is 2. The minimum atomic E-state index is -0.160. The fourth-order valence-electron chi connectivity index (χ4n) is 3.48. The summed E-state index contributed by atoms with van der Waals surface area (Å²) < 4.78 is 0.388. The first-order chi connectivity index (χ1) is 11.2. The molecule has 1 unspecified atom stereocenters. The fraction of sp³-hybridized carbons (Fsp3) is 0.389. The standard InChI is InChI=1S/C18H25N4O/c19-12-15(20)13-22(10-8-21-9-11-22)18(23)17-7-3-5-14-4-1-2-6-16(14)17/h1-7,15,21H,8-13,19-20H2/q+1. The number of carbonyl (C=O) groups is 1. The van der Waals surface area contributed by atoms with E-state index in [1.165, 1.54) is 0 Å². The second kappa shape index (κ2) is 6.76. The number of fused-ring (bicyclic) bond motifs is 1. The van der Waals surface area contributed by atoms with Crippen molar-refractivity contribution in [3.05, 3.63) is 48.0 Å². The van der Waals surface area contributed by atoms with Gasteiger partial charge in [-0.2, -0.15) is 0 Å². The maximum Gasteiger partial charge on any atom is 0.346 e. The summed E-state index contributed by atoms with van der Waals surface area (Å²) in [4.78, 5) is 13.4. The second-order valence-electron chi connectivity index (χ2n) is 6.35. The summed E-state index contributed by atoms with van der Waals surface area (Å²) in [5, 5.41) is 5.44. The van der Waals surface area contributed by atoms with Crippen molar-refractivity contribution in [1.29, 1.82) is 0 Å². The lowest BCUT2D eigenvalue weighted by Gasteiger charge is -2.40. The average Bonchev–Trinajstić information content (AvgIpc) is 2.61. The van der Waals surface area contributed by atoms with Gasteiger partial charge in [-0.1, -0.05) is 36.4 Å². The zero-order valence-electron chi connectivity index (χ0n) is 13.4. The van der Waals surface area contributed by atoms with Gasteiger partial charge in [-0.05, 0) is 16.8 Å². The van der Waals surface area contributed by atoms with Crippen LogP contribution in [-0.2, 0) is 0 Å². The van der Waals surface area contributed by atoms with Gasteiger partial charge in [0.15, 0.2) is 0 Å². The maximum atomic E-state index is 13.4. The third-order valence-corrected chi connectivity index (χ3v) is 4.77. The number of piperazine rings is 1. The smallest absolute Gasteiger partial charge is 0.329 e. The van der Waals surface area contributed by atoms with Gasteiger partial charge in [0.05, 0.1) is 24.7 Å². The molecule has 0 spiro atoms. The van der Waals surface area contributed by atoms with Gasteiger partial charge < -0.3 is 16.8 Å². The topological polar surface area (TPSA) is 81.1 Å². The third-order valence-electron chi connectivity index (χ3n) is 4.77. The molecule has 0 saturated carbocycles. The molecule has 0 aliphatic carbocycles. The van der Waals surface area contributed by atoms with Crippen LogP contribution in [0.2, 0.25) is 0 Å². The van der Waals surface area contributed by atoms with E-state index in [9.17, 15) is 4.79 Å². The zero-order valence-corrected chi connectivity index (χ0v) is 13.4. The van der Waals surface area contributed by atoms with E-state index in [2.05, 4.69) is 5.32 Å². The molecule has 1 fully saturated rings. The first-order valence-electron chi connectivity index (χ1n) is 8.21. The minimum Gasteiger partial charge on any atom is -0.329 e. The molecule has 1 saturated heterocycles. The quantitative estimate of drug-likeness (QED) is 0.725. The first kappa shape index (κ1) is 16.1. The lowest BCUT2D eigenvalue weighted by Crippen LogP contribution is -2.65. The molecule has 1 aliphatic rings. The van der Waals surface area contributed by atoms with Gasteiger partial charge in [-0.15, -0.1) is 0 Å². The van der Waals surface area contributed by atoms with Crippen LogP contribution in [0.1, 0.15) is 10.4 Å². The van der Waals surface area contributed by atoms with Crippen LogP contribution in [0.3, 0.4) is 0 Å². The molecular weight excluding hydrogens is 288 g/mol. The number of amides is 1. The molecule has 5 nitrogen and oxygen atoms in total. The third kappa shape index (κ3) is 3.14. The predicted molar refractivity (Wildman–Crippen MR) is 93.0 cm³/mol. The van der Waals surface area contributed by atoms with Crippen molar-refractivity contribution >= 4 is 16.7 Å². The van der Waals surface area contributed by atoms with Crippen LogP contribution in [-0.4, -0.2) is 55.7 Å². The largest absolute Gasteiger partial charge is 0.346 e. The molecule has 2 aromatic rings. The van der Waals surface area contributed by atoms with Crippen LogP contribution < -0.4 is 16.8 Å². The SMILES string of the molecule is NCC(N)C[N+]1(C(=O)c2cccc3ccccc23)CCNCC1. The molecule has 2 aromatic carbocycles. The highest BCUT2D eigenvalue weighted by Crippen LogP contribution is 2.24. The Balaban J connectivity index is 2.03. The normalized spacial score (nSPS) is 18.7. The van der Waals surface area contributed by atoms with E-state index >= 15 is 0 Å². The monoisotopic (exact) mass is 313 g/mol. The van der Waals surface area contributed by atoms with E-state index in [1.807, 2.05) is 42.5 Å². The van der Waals surface area contributed by atoms with Gasteiger partial charge in [-0.3, -0.25) is 4.48 Å². The number of nitrogens with one attached hydrogen (secondary N) is 1. The van der Waals surface area contributed by atoms with Gasteiger partial charge in [0, 0.05) is 19.6 Å². The van der Waals surface area contributed by atoms with Gasteiger partial charge >= 0.3 is 5.91 Å². The second-order valence-corrected chi connectivity index (χ2v) is 6.35. The molecule has 0 bridgehead atoms. The minimum absolute atomic E-state index is 0.159. The maximum absolute atomic E-state index is 13.4. The number of hydrogen-bond donors (Lipinski definition) is 3. The summed E-state index contributed by atoms with van der Waals surface area (Å²) in [6, 6.07) is 13.8. The van der Waals surface area contributed by atoms with Gasteiger partial charge in [-0.25, -0.2) is 4.79 Å². The highest BCUT2D eigenvalue weighted by atomic mass is 16.2. The van der Waals surface area contributed by atoms with Crippen molar-refractivity contribution in [1.82, 2.24) is 5.32 Å². The molecular formula is C18H25N4O+. The molecule has 1 amide bonds. The highest BCUT2D eigenvalue weighted by molar-refractivity contribution is 6.04. The summed E-state index contributed by atoms with van der Waals surface area (Å²) in [5.74, 6) is 0.159. The van der Waals surface area contributed by atoms with Crippen LogP contribution >= 0.6 is 0 Å². The Morgan fingerprint density at radius 3 is 2.57 bits per heavy atom. The van der Waals surface area contributed by atoms with E-state index in [0.29, 0.717) is 17.6 Å². The molecule has 1 heterocycles. The molecule has 122 valence electrons. The van der Waals surface area contributed by atoms with Crippen LogP contribution in [0.25, 0.3) is 10.8 Å². The lowest BCUT2D eigenvalue weighted by atomic mass is 10.0. The number of nitrogens with zero attached hydrogens (tertiary/aromatic N) is 1. The number of nitrogens with two attached hydrogens (primary N) is 2. The molecule has 5 heteroatoms. The van der Waals surface area contributed by atoms with Crippen LogP contribution in [0.4, 0.5) is 0 Å². The van der Waals surface area contributed by atoms with Crippen molar-refractivity contribution < 1.29 is 9.28 Å². The molecule has 0 radical (unpaired) electrons. The molecule has 3 rings (SSSR count). The average molecular weight is 313 g/mol. The van der Waals surface area contributed by atoms with Crippen LogP contribution in [0, 0.1) is 0 Å². The van der Waals surface area contributed by atoms with E-state index in [0.717, 1.165) is 42.5 Å². The Labute approximate surface area is 136 Å². The van der Waals surface area contributed by atoms with Crippen molar-refractivity contribution in [2.75, 3.05) is 39.3 Å². The van der Waals surface area contributed by atoms with Gasteiger partial charge in [0.1, 0.15) is 6.54 Å². The summed E-state index contributed by atoms with van der Waals surface area (Å²) >= 11 is 0. The van der Waals surface area contributed by atoms with Crippen molar-refractivity contribution in [3.63, 3.8) is 0 Å². The number of hydrogen-bond acceptors (Lipinski definition) is 4. The number of quaternary nitrogens is 1. The summed E-state index contributed by atoms with van der Waals surface area (Å²) in [6.07, 6.45) is 0. The number of carbonyl (C=O) groups excluding carboxylic acids is 1. The molecule has 0 aromatic heterocycles. The Kier molecular flexibility index (Phi) is 4.73. The summed E-state index contributed by atoms with van der Waals surface area (Å²) in [7, 11) is 0. The summed E-state index contributed by atoms with van der Waals surface area (Å²) in [6.45, 7) is 4.17. The summed E-state index contributed by atoms with van der Waals surface area (Å²) in [5.41, 5.74) is 12.6.